The summed E-state index contributed by atoms with van der Waals surface area (Å²) in [5.41, 5.74) is -4.82. The summed E-state index contributed by atoms with van der Waals surface area (Å²) in [5.74, 6) is -47.3. The normalized spacial score (nSPS) is 15.4. The number of carbonyl (C=O) groups is 4. The number of aliphatic hydroxyl groups excluding tert-OH is 3. The van der Waals surface area contributed by atoms with Gasteiger partial charge in [-0.15, -0.1) is 0 Å². The van der Waals surface area contributed by atoms with Gasteiger partial charge in [0.05, 0.1) is 18.8 Å². The minimum absolute atomic E-state index is 0.0903. The number of carbonyl (C=O) groups excluding carboxylic acids is 4. The number of nitrogens with one attached hydrogen (secondary N) is 4. The molecule has 1 aliphatic heterocycles. The summed E-state index contributed by atoms with van der Waals surface area (Å²) in [6, 6.07) is 0. The maximum Gasteiger partial charge on any atom is 0.272 e. The van der Waals surface area contributed by atoms with Crippen molar-refractivity contribution in [2.45, 2.75) is 88.5 Å². The number of amides is 4. The van der Waals surface area contributed by atoms with Crippen LogP contribution in [0.5, 0.6) is 0 Å². The predicted molar refractivity (Wildman–Crippen MR) is 248 cm³/mol. The van der Waals surface area contributed by atoms with E-state index in [0.29, 0.717) is 0 Å². The maximum atomic E-state index is 13.8. The Bertz CT molecular complexity index is 2750. The van der Waals surface area contributed by atoms with Gasteiger partial charge >= 0.3 is 0 Å². The molecule has 5 rings (SSSR count). The lowest BCUT2D eigenvalue weighted by molar-refractivity contribution is -0.227. The van der Waals surface area contributed by atoms with E-state index in [0.717, 1.165) is 0 Å². The molecule has 0 saturated carbocycles. The van der Waals surface area contributed by atoms with Crippen molar-refractivity contribution in [1.82, 2.24) is 21.3 Å². The number of ether oxygens (including phenoxy) is 5. The Morgan fingerprint density at radius 1 is 0.384 bits per heavy atom. The summed E-state index contributed by atoms with van der Waals surface area (Å²) in [6.45, 7) is -3.38. The monoisotopic (exact) mass is 1280 g/mol. The second kappa shape index (κ2) is 33.8. The molecule has 1 heterocycles. The van der Waals surface area contributed by atoms with E-state index < -0.39 is 264 Å². The van der Waals surface area contributed by atoms with Crippen molar-refractivity contribution < 1.29 is 146 Å². The summed E-state index contributed by atoms with van der Waals surface area (Å²) in [6.07, 6.45) is -12.3. The standard InChI is InChI=1S/C24H20F10N2O5.C22H18F10N2O4.C4H10O3/c1-39-24-40-10(6-35-12(37)4-2-8-14(25)18(29)22(33)19(30)15(8)26)11(41-24)7-36-13(38)5-3-9-16(27)20(31)23(34)21(32)17(9)28;23-13-7(14(24)18(28)21(31)17(13)27)1-3-11(37)33-5-9(35)10(36)6-34-12(38)4-2-8-15(25)19(29)22(32)20(30)16(8)26;1-6-4(3-5)7-2/h10-11,24H,2-7H2,1H3,(H,35,37)(H,36,38);9-10,35-36H,1-6H2,(H,33,37)(H,34,38);4-5H,3H2,1-2H3. The molecule has 4 aromatic carbocycles. The molecule has 0 radical (unpaired) electrons. The molecule has 1 aliphatic rings. The SMILES string of the molecule is COC(CO)OC.COC1OC(CNC(=O)CCc2c(F)c(F)c(F)c(F)c2F)C(CNC(=O)CCc2c(F)c(F)c(F)c(F)c2F)O1.O=C(CCc1c(F)c(F)c(F)c(F)c1F)NCC(O)C(O)CNC(=O)CCc1c(F)c(F)c(F)c(F)c1F. The Morgan fingerprint density at radius 3 is 0.779 bits per heavy atom. The van der Waals surface area contributed by atoms with Gasteiger partial charge in [-0.1, -0.05) is 0 Å². The van der Waals surface area contributed by atoms with Crippen LogP contribution in [0.25, 0.3) is 0 Å². The van der Waals surface area contributed by atoms with Crippen LogP contribution in [0.2, 0.25) is 0 Å². The van der Waals surface area contributed by atoms with Crippen LogP contribution in [0, 0.1) is 116 Å². The first-order valence-corrected chi connectivity index (χ1v) is 24.3. The highest BCUT2D eigenvalue weighted by atomic mass is 19.2. The highest BCUT2D eigenvalue weighted by molar-refractivity contribution is 5.77. The molecule has 480 valence electrons. The van der Waals surface area contributed by atoms with Crippen LogP contribution in [-0.2, 0) is 68.5 Å². The first-order valence-electron chi connectivity index (χ1n) is 24.3. The van der Waals surface area contributed by atoms with Crippen LogP contribution < -0.4 is 21.3 Å². The van der Waals surface area contributed by atoms with Crippen molar-refractivity contribution in [1.29, 1.82) is 0 Å². The first kappa shape index (κ1) is 73.3. The van der Waals surface area contributed by atoms with Gasteiger partial charge in [-0.2, -0.15) is 0 Å². The van der Waals surface area contributed by atoms with Gasteiger partial charge in [-0.3, -0.25) is 19.2 Å². The molecule has 16 nitrogen and oxygen atoms in total. The lowest BCUT2D eigenvalue weighted by Gasteiger charge is -2.19. The molecular weight excluding hydrogens is 1230 g/mol. The molecule has 1 fully saturated rings. The highest BCUT2D eigenvalue weighted by Gasteiger charge is 2.37. The first-order chi connectivity index (χ1) is 40.3. The van der Waals surface area contributed by atoms with Crippen molar-refractivity contribution in [3.05, 3.63) is 139 Å². The average molecular weight is 1280 g/mol. The molecule has 4 atom stereocenters. The van der Waals surface area contributed by atoms with Crippen molar-refractivity contribution in [2.24, 2.45) is 0 Å². The third-order valence-electron chi connectivity index (χ3n) is 11.9. The van der Waals surface area contributed by atoms with E-state index >= 15 is 0 Å². The molecule has 0 spiro atoms. The predicted octanol–water partition coefficient (Wildman–Crippen LogP) is 5.78. The Morgan fingerprint density at radius 2 is 0.593 bits per heavy atom. The molecule has 4 amide bonds. The number of methoxy groups -OCH3 is 3. The van der Waals surface area contributed by atoms with Crippen molar-refractivity contribution in [2.75, 3.05) is 54.1 Å². The van der Waals surface area contributed by atoms with Gasteiger partial charge in [0, 0.05) is 95.4 Å². The van der Waals surface area contributed by atoms with Crippen LogP contribution in [0.15, 0.2) is 0 Å². The van der Waals surface area contributed by atoms with Crippen molar-refractivity contribution in [3.63, 3.8) is 0 Å². The van der Waals surface area contributed by atoms with Gasteiger partial charge in [0.1, 0.15) is 12.2 Å². The van der Waals surface area contributed by atoms with E-state index in [1.165, 1.54) is 21.3 Å². The van der Waals surface area contributed by atoms with Crippen LogP contribution >= 0.6 is 0 Å². The summed E-state index contributed by atoms with van der Waals surface area (Å²) < 4.78 is 293. The Labute approximate surface area is 471 Å². The van der Waals surface area contributed by atoms with E-state index in [-0.39, 0.29) is 19.7 Å². The zero-order valence-electron chi connectivity index (χ0n) is 44.2. The Hall–Kier alpha value is -6.96. The number of rotatable bonds is 25. The third-order valence-corrected chi connectivity index (χ3v) is 11.9. The van der Waals surface area contributed by atoms with E-state index in [2.05, 4.69) is 20.1 Å². The molecule has 1 saturated heterocycles. The zero-order chi connectivity index (χ0) is 65.2. The number of aliphatic hydroxyl groups is 3. The van der Waals surface area contributed by atoms with Crippen molar-refractivity contribution >= 4 is 23.6 Å². The summed E-state index contributed by atoms with van der Waals surface area (Å²) in [7, 11) is 4.14. The molecule has 0 bridgehead atoms. The molecule has 0 aromatic heterocycles. The minimum Gasteiger partial charge on any atom is -0.391 e. The van der Waals surface area contributed by atoms with Crippen LogP contribution in [0.4, 0.5) is 87.8 Å². The van der Waals surface area contributed by atoms with Gasteiger partial charge in [0.2, 0.25) is 46.9 Å². The molecule has 36 heteroatoms. The lowest BCUT2D eigenvalue weighted by atomic mass is 10.1. The van der Waals surface area contributed by atoms with E-state index in [4.69, 9.17) is 19.3 Å². The summed E-state index contributed by atoms with van der Waals surface area (Å²) >= 11 is 0. The molecule has 0 aliphatic carbocycles. The fourth-order valence-corrected chi connectivity index (χ4v) is 7.13. The molecule has 7 N–H and O–H groups in total. The maximum absolute atomic E-state index is 13.8. The van der Waals surface area contributed by atoms with E-state index in [1.807, 2.05) is 10.6 Å². The van der Waals surface area contributed by atoms with E-state index in [1.54, 1.807) is 0 Å². The van der Waals surface area contributed by atoms with Gasteiger partial charge < -0.3 is 60.3 Å². The largest absolute Gasteiger partial charge is 0.391 e. The Kier molecular flexibility index (Phi) is 28.8. The number of benzene rings is 4. The minimum atomic E-state index is -2.37. The molecule has 4 aromatic rings. The smallest absolute Gasteiger partial charge is 0.272 e. The second-order valence-corrected chi connectivity index (χ2v) is 17.5. The lowest BCUT2D eigenvalue weighted by Crippen LogP contribution is -2.44. The summed E-state index contributed by atoms with van der Waals surface area (Å²) in [4.78, 5) is 47.9. The van der Waals surface area contributed by atoms with Crippen LogP contribution in [-0.4, -0.2) is 130 Å². The van der Waals surface area contributed by atoms with Crippen LogP contribution in [0.1, 0.15) is 47.9 Å². The fraction of sp³-hybridized carbons (Fsp3) is 0.440. The fourth-order valence-electron chi connectivity index (χ4n) is 7.13. The van der Waals surface area contributed by atoms with Crippen molar-refractivity contribution in [3.8, 4) is 0 Å². The van der Waals surface area contributed by atoms with Crippen LogP contribution in [0.3, 0.4) is 0 Å². The number of hydrogen-bond donors (Lipinski definition) is 7. The average Bonchev–Trinajstić information content (AvgIpc) is 2.70. The zero-order valence-corrected chi connectivity index (χ0v) is 44.2. The van der Waals surface area contributed by atoms with Gasteiger partial charge in [-0.25, -0.2) is 87.8 Å². The Balaban J connectivity index is 0.000000406. The van der Waals surface area contributed by atoms with Gasteiger partial charge in [-0.05, 0) is 25.7 Å². The second-order valence-electron chi connectivity index (χ2n) is 17.5. The molecule has 4 unspecified atom stereocenters. The number of hydrogen-bond acceptors (Lipinski definition) is 12. The highest BCUT2D eigenvalue weighted by Crippen LogP contribution is 2.28. The van der Waals surface area contributed by atoms with E-state index in [9.17, 15) is 117 Å². The number of halogens is 20. The summed E-state index contributed by atoms with van der Waals surface area (Å²) in [5, 5.41) is 36.6. The van der Waals surface area contributed by atoms with Gasteiger partial charge in [0.15, 0.2) is 99.4 Å². The molecule has 86 heavy (non-hydrogen) atoms. The van der Waals surface area contributed by atoms with Gasteiger partial charge in [0.25, 0.3) is 6.48 Å². The third kappa shape index (κ3) is 19.0. The topological polar surface area (TPSA) is 223 Å². The quantitative estimate of drug-likeness (QED) is 0.0182. The molecular formula is C50H48F20N4O12.